The molecule has 0 fully saturated rings. The van der Waals surface area contributed by atoms with E-state index in [9.17, 15) is 0 Å². The molecule has 9 aromatic rings. The lowest BCUT2D eigenvalue weighted by Gasteiger charge is -2.42. The molecule has 0 unspecified atom stereocenters. The van der Waals surface area contributed by atoms with Gasteiger partial charge < -0.3 is 9.64 Å². The first-order valence-electron chi connectivity index (χ1n) is 20.6. The van der Waals surface area contributed by atoms with E-state index >= 15 is 0 Å². The molecule has 2 nitrogen and oxygen atoms in total. The molecule has 4 aliphatic rings. The van der Waals surface area contributed by atoms with Crippen LogP contribution in [0.3, 0.4) is 0 Å². The van der Waals surface area contributed by atoms with Gasteiger partial charge in [-0.15, -0.1) is 0 Å². The molecule has 60 heavy (non-hydrogen) atoms. The van der Waals surface area contributed by atoms with Crippen LogP contribution in [0.1, 0.15) is 0 Å². The van der Waals surface area contributed by atoms with Crippen LogP contribution in [0.25, 0.3) is 33.4 Å². The van der Waals surface area contributed by atoms with E-state index in [1.54, 1.807) is 0 Å². The van der Waals surface area contributed by atoms with Gasteiger partial charge in [-0.05, 0) is 98.2 Å². The van der Waals surface area contributed by atoms with Crippen LogP contribution in [-0.2, 0) is 0 Å². The van der Waals surface area contributed by atoms with Gasteiger partial charge in [-0.2, -0.15) is 0 Å². The number of para-hydroxylation sites is 2. The molecule has 0 atom stereocenters. The van der Waals surface area contributed by atoms with Gasteiger partial charge in [-0.1, -0.05) is 186 Å². The number of benzene rings is 9. The predicted molar refractivity (Wildman–Crippen MR) is 254 cm³/mol. The van der Waals surface area contributed by atoms with E-state index in [1.165, 1.54) is 80.3 Å². The van der Waals surface area contributed by atoms with Gasteiger partial charge in [0, 0.05) is 36.5 Å². The number of hydrogen-bond donors (Lipinski definition) is 0. The Morgan fingerprint density at radius 2 is 0.917 bits per heavy atom. The zero-order chi connectivity index (χ0) is 39.3. The van der Waals surface area contributed by atoms with Crippen molar-refractivity contribution in [1.82, 2.24) is 0 Å². The number of anilines is 3. The van der Waals surface area contributed by atoms with Crippen LogP contribution in [0.2, 0.25) is 0 Å². The predicted octanol–water partition coefficient (Wildman–Crippen LogP) is 10.5. The summed E-state index contributed by atoms with van der Waals surface area (Å²) >= 11 is 3.85. The lowest BCUT2D eigenvalue weighted by Crippen LogP contribution is -2.63. The molecule has 0 radical (unpaired) electrons. The summed E-state index contributed by atoms with van der Waals surface area (Å²) in [5.74, 6) is 1.83. The molecule has 9 aromatic carbocycles. The fourth-order valence-corrected chi connectivity index (χ4v) is 12.5. The average molecular weight is 798 g/mol. The fraction of sp³-hybridized carbons (Fsp3) is 0. The molecule has 6 heteroatoms. The molecule has 0 bridgehead atoms. The standard InChI is InChI=1S/C54H33B2NOS2/c1-4-16-34(17-5-1)37-28-46-53-48(29-37)58-47-26-14-11-23-40(47)55(53)42-32-43-50(33-45(42)57(46)44-25-13-10-22-39(44)36-20-8-3-9-21-36)60-52-31-38(35-18-6-2-7-19-35)30-51-54(52)56(43)41-24-12-15-27-49(41)59-51/h1-33H. The van der Waals surface area contributed by atoms with Crippen LogP contribution < -0.4 is 42.4 Å². The maximum Gasteiger partial charge on any atom is 0.256 e. The van der Waals surface area contributed by atoms with Crippen molar-refractivity contribution in [3.63, 3.8) is 0 Å². The highest BCUT2D eigenvalue weighted by atomic mass is 32.2. The lowest BCUT2D eigenvalue weighted by molar-refractivity contribution is 0.488. The molecule has 0 saturated heterocycles. The smallest absolute Gasteiger partial charge is 0.256 e. The third kappa shape index (κ3) is 5.21. The second-order valence-electron chi connectivity index (χ2n) is 15.9. The van der Waals surface area contributed by atoms with Crippen molar-refractivity contribution in [2.45, 2.75) is 19.6 Å². The number of ether oxygens (including phenoxy) is 1. The van der Waals surface area contributed by atoms with Crippen molar-refractivity contribution in [1.29, 1.82) is 0 Å². The van der Waals surface area contributed by atoms with Gasteiger partial charge in [-0.25, -0.2) is 0 Å². The zero-order valence-corrected chi connectivity index (χ0v) is 34.0. The summed E-state index contributed by atoms with van der Waals surface area (Å²) in [6.07, 6.45) is 0. The topological polar surface area (TPSA) is 12.5 Å². The van der Waals surface area contributed by atoms with Crippen molar-refractivity contribution < 1.29 is 4.74 Å². The number of fused-ring (bicyclic) bond motifs is 8. The summed E-state index contributed by atoms with van der Waals surface area (Å²) in [5, 5.41) is 0. The molecule has 278 valence electrons. The van der Waals surface area contributed by atoms with E-state index in [1.807, 2.05) is 23.5 Å². The minimum atomic E-state index is -0.0234. The van der Waals surface area contributed by atoms with Crippen LogP contribution in [0.5, 0.6) is 11.5 Å². The molecular weight excluding hydrogens is 764 g/mol. The first-order valence-corrected chi connectivity index (χ1v) is 22.2. The van der Waals surface area contributed by atoms with Crippen molar-refractivity contribution in [2.24, 2.45) is 0 Å². The maximum atomic E-state index is 6.99. The number of nitrogens with zero attached hydrogens (tertiary/aromatic N) is 1. The van der Waals surface area contributed by atoms with Gasteiger partial charge in [0.2, 0.25) is 6.71 Å². The van der Waals surface area contributed by atoms with Crippen LogP contribution in [0.4, 0.5) is 17.1 Å². The van der Waals surface area contributed by atoms with E-state index in [4.69, 9.17) is 4.74 Å². The third-order valence-corrected chi connectivity index (χ3v) is 14.9. The number of rotatable bonds is 4. The quantitative estimate of drug-likeness (QED) is 0.164. The van der Waals surface area contributed by atoms with E-state index in [2.05, 4.69) is 205 Å². The summed E-state index contributed by atoms with van der Waals surface area (Å²) in [6, 6.07) is 73.7. The van der Waals surface area contributed by atoms with Crippen molar-refractivity contribution >= 4 is 86.8 Å². The van der Waals surface area contributed by atoms with Crippen LogP contribution in [-0.4, -0.2) is 13.4 Å². The van der Waals surface area contributed by atoms with E-state index in [-0.39, 0.29) is 13.4 Å². The first kappa shape index (κ1) is 34.3. The van der Waals surface area contributed by atoms with Crippen molar-refractivity contribution in [3.05, 3.63) is 200 Å². The minimum absolute atomic E-state index is 0.0234. The number of hydrogen-bond acceptors (Lipinski definition) is 4. The van der Waals surface area contributed by atoms with E-state index < -0.39 is 0 Å². The van der Waals surface area contributed by atoms with E-state index in [0.717, 1.165) is 34.0 Å². The highest BCUT2D eigenvalue weighted by molar-refractivity contribution is 8.01. The molecule has 0 amide bonds. The van der Waals surface area contributed by atoms with Crippen LogP contribution >= 0.6 is 23.5 Å². The summed E-state index contributed by atoms with van der Waals surface area (Å²) in [6.45, 7) is 0.0880. The molecule has 0 spiro atoms. The van der Waals surface area contributed by atoms with Gasteiger partial charge in [-0.3, -0.25) is 0 Å². The van der Waals surface area contributed by atoms with Crippen molar-refractivity contribution in [3.8, 4) is 44.9 Å². The van der Waals surface area contributed by atoms with Gasteiger partial charge in [0.1, 0.15) is 11.5 Å². The molecule has 0 saturated carbocycles. The summed E-state index contributed by atoms with van der Waals surface area (Å²) in [5.41, 5.74) is 18.6. The Bertz CT molecular complexity index is 3210. The molecule has 0 aromatic heterocycles. The zero-order valence-electron chi connectivity index (χ0n) is 32.4. The summed E-state index contributed by atoms with van der Waals surface area (Å²) in [7, 11) is 0. The SMILES string of the molecule is c1ccc(-c2cc3c4c(c2)Sc2cc5c(cc2B4c2ccccc2S3)B2c3ccccc3Oc3cc(-c4ccccc4)cc(c32)N5c2ccccc2-c2ccccc2)cc1. The molecule has 13 rings (SSSR count). The second-order valence-corrected chi connectivity index (χ2v) is 18.1. The summed E-state index contributed by atoms with van der Waals surface area (Å²) < 4.78 is 6.99. The Kier molecular flexibility index (Phi) is 7.70. The lowest BCUT2D eigenvalue weighted by atomic mass is 9.31. The molecule has 4 heterocycles. The Morgan fingerprint density at radius 1 is 0.333 bits per heavy atom. The normalized spacial score (nSPS) is 13.6. The summed E-state index contributed by atoms with van der Waals surface area (Å²) in [4.78, 5) is 7.86. The molecule has 0 aliphatic carbocycles. The Balaban J connectivity index is 1.11. The van der Waals surface area contributed by atoms with Gasteiger partial charge >= 0.3 is 0 Å². The van der Waals surface area contributed by atoms with Crippen molar-refractivity contribution in [2.75, 3.05) is 4.90 Å². The Hall–Kier alpha value is -6.59. The second kappa shape index (κ2) is 13.5. The fourth-order valence-electron chi connectivity index (χ4n) is 10.0. The molecular formula is C54H33B2NOS2. The Labute approximate surface area is 359 Å². The van der Waals surface area contributed by atoms with Crippen LogP contribution in [0.15, 0.2) is 220 Å². The van der Waals surface area contributed by atoms with Gasteiger partial charge in [0.05, 0.1) is 5.69 Å². The molecule has 0 N–H and O–H groups in total. The van der Waals surface area contributed by atoms with Gasteiger partial charge in [0.15, 0.2) is 0 Å². The highest BCUT2D eigenvalue weighted by Gasteiger charge is 2.45. The highest BCUT2D eigenvalue weighted by Crippen LogP contribution is 2.48. The third-order valence-electron chi connectivity index (χ3n) is 12.6. The molecule has 4 aliphatic heterocycles. The average Bonchev–Trinajstić information content (AvgIpc) is 3.31. The monoisotopic (exact) mass is 797 g/mol. The minimum Gasteiger partial charge on any atom is -0.458 e. The van der Waals surface area contributed by atoms with Gasteiger partial charge in [0.25, 0.3) is 6.71 Å². The Morgan fingerprint density at radius 3 is 1.67 bits per heavy atom. The van der Waals surface area contributed by atoms with Crippen LogP contribution in [0, 0.1) is 0 Å². The largest absolute Gasteiger partial charge is 0.458 e. The van der Waals surface area contributed by atoms with E-state index in [0.29, 0.717) is 0 Å². The maximum absolute atomic E-state index is 6.99. The first-order chi connectivity index (χ1) is 29.7.